The van der Waals surface area contributed by atoms with E-state index in [1.807, 2.05) is 6.92 Å². The van der Waals surface area contributed by atoms with Gasteiger partial charge in [0.25, 0.3) is 0 Å². The van der Waals surface area contributed by atoms with Crippen molar-refractivity contribution < 1.29 is 19.5 Å². The van der Waals surface area contributed by atoms with Gasteiger partial charge in [-0.1, -0.05) is 6.92 Å². The largest absolute Gasteiger partial charge is 0.481 e. The quantitative estimate of drug-likeness (QED) is 0.683. The van der Waals surface area contributed by atoms with Gasteiger partial charge in [-0.15, -0.1) is 0 Å². The summed E-state index contributed by atoms with van der Waals surface area (Å²) in [5, 5.41) is 14.3. The van der Waals surface area contributed by atoms with Crippen molar-refractivity contribution in [3.63, 3.8) is 0 Å². The van der Waals surface area contributed by atoms with Gasteiger partial charge < -0.3 is 20.6 Å². The molecular weight excluding hydrogens is 262 g/mol. The van der Waals surface area contributed by atoms with Crippen LogP contribution in [0.25, 0.3) is 0 Å². The molecule has 20 heavy (non-hydrogen) atoms. The van der Waals surface area contributed by atoms with Crippen molar-refractivity contribution in [2.24, 2.45) is 17.3 Å². The number of carbonyl (C=O) groups excluding carboxylic acids is 2. The fourth-order valence-electron chi connectivity index (χ4n) is 2.28. The molecule has 0 aromatic rings. The number of hydrogen-bond donors (Lipinski definition) is 3. The van der Waals surface area contributed by atoms with Crippen molar-refractivity contribution in [2.45, 2.75) is 20.8 Å². The summed E-state index contributed by atoms with van der Waals surface area (Å²) in [4.78, 5) is 36.1. The van der Waals surface area contributed by atoms with Crippen LogP contribution in [0.5, 0.6) is 0 Å². The Morgan fingerprint density at radius 2 is 1.90 bits per heavy atom. The number of carboxylic acids is 1. The van der Waals surface area contributed by atoms with E-state index in [9.17, 15) is 14.4 Å². The molecule has 3 N–H and O–H groups in total. The van der Waals surface area contributed by atoms with E-state index in [2.05, 4.69) is 10.6 Å². The maximum atomic E-state index is 12.0. The summed E-state index contributed by atoms with van der Waals surface area (Å²) in [5.74, 6) is -1.62. The predicted octanol–water partition coefficient (Wildman–Crippen LogP) is 0.121. The normalized spacial score (nSPS) is 22.5. The van der Waals surface area contributed by atoms with Crippen molar-refractivity contribution in [2.75, 3.05) is 26.7 Å². The first-order valence-corrected chi connectivity index (χ1v) is 6.67. The Balaban J connectivity index is 2.53. The second-order valence-corrected chi connectivity index (χ2v) is 5.95. The molecule has 0 aliphatic carbocycles. The Kier molecular flexibility index (Phi) is 4.97. The number of nitrogens with one attached hydrogen (secondary N) is 2. The Morgan fingerprint density at radius 3 is 2.35 bits per heavy atom. The number of rotatable bonds is 4. The Morgan fingerprint density at radius 1 is 1.30 bits per heavy atom. The van der Waals surface area contributed by atoms with Crippen molar-refractivity contribution >= 4 is 17.9 Å². The zero-order valence-electron chi connectivity index (χ0n) is 12.4. The molecule has 1 saturated heterocycles. The molecule has 1 fully saturated rings. The average Bonchev–Trinajstić information content (AvgIpc) is 2.77. The van der Waals surface area contributed by atoms with Crippen LogP contribution in [-0.2, 0) is 9.59 Å². The fraction of sp³-hybridized carbons (Fsp3) is 0.769. The first-order valence-electron chi connectivity index (χ1n) is 6.67. The minimum Gasteiger partial charge on any atom is -0.481 e. The Hall–Kier alpha value is -1.79. The van der Waals surface area contributed by atoms with Gasteiger partial charge in [-0.3, -0.25) is 9.59 Å². The minimum absolute atomic E-state index is 0.0646. The lowest BCUT2D eigenvalue weighted by Gasteiger charge is -2.25. The van der Waals surface area contributed by atoms with E-state index >= 15 is 0 Å². The van der Waals surface area contributed by atoms with Crippen LogP contribution in [0.15, 0.2) is 0 Å². The molecule has 1 rings (SSSR count). The molecule has 0 saturated carbocycles. The minimum atomic E-state index is -0.876. The van der Waals surface area contributed by atoms with Gasteiger partial charge >= 0.3 is 12.0 Å². The third kappa shape index (κ3) is 3.61. The molecule has 7 heteroatoms. The molecule has 0 bridgehead atoms. The standard InChI is InChI=1S/C13H23N3O4/c1-8-5-16(6-9(8)10(17)18)12(20)15-7-13(2,3)11(19)14-4/h8-9H,5-7H2,1-4H3,(H,14,19)(H,15,20)(H,17,18). The number of likely N-dealkylation sites (tertiary alicyclic amines) is 1. The molecule has 2 atom stereocenters. The molecule has 7 nitrogen and oxygen atoms in total. The van der Waals surface area contributed by atoms with Crippen LogP contribution in [0.2, 0.25) is 0 Å². The summed E-state index contributed by atoms with van der Waals surface area (Å²) in [5.41, 5.74) is -0.706. The smallest absolute Gasteiger partial charge is 0.317 e. The van der Waals surface area contributed by atoms with Crippen LogP contribution in [0.1, 0.15) is 20.8 Å². The van der Waals surface area contributed by atoms with E-state index in [0.29, 0.717) is 6.54 Å². The number of carboxylic acid groups (broad SMARTS) is 1. The van der Waals surface area contributed by atoms with Gasteiger partial charge in [0, 0.05) is 26.7 Å². The van der Waals surface area contributed by atoms with E-state index < -0.39 is 17.3 Å². The van der Waals surface area contributed by atoms with Crippen molar-refractivity contribution in [1.29, 1.82) is 0 Å². The first-order chi connectivity index (χ1) is 9.19. The molecule has 3 amide bonds. The second kappa shape index (κ2) is 6.11. The topological polar surface area (TPSA) is 98.7 Å². The van der Waals surface area contributed by atoms with E-state index in [-0.39, 0.29) is 30.9 Å². The van der Waals surface area contributed by atoms with Crippen LogP contribution in [-0.4, -0.2) is 54.6 Å². The van der Waals surface area contributed by atoms with Crippen LogP contribution >= 0.6 is 0 Å². The van der Waals surface area contributed by atoms with Gasteiger partial charge in [-0.2, -0.15) is 0 Å². The summed E-state index contributed by atoms with van der Waals surface area (Å²) in [6.07, 6.45) is 0. The summed E-state index contributed by atoms with van der Waals surface area (Å²) in [6, 6.07) is -0.322. The molecule has 2 unspecified atom stereocenters. The summed E-state index contributed by atoms with van der Waals surface area (Å²) < 4.78 is 0. The van der Waals surface area contributed by atoms with Gasteiger partial charge in [-0.25, -0.2) is 4.79 Å². The molecule has 1 heterocycles. The van der Waals surface area contributed by atoms with E-state index in [4.69, 9.17) is 5.11 Å². The van der Waals surface area contributed by atoms with Gasteiger partial charge in [0.05, 0.1) is 11.3 Å². The monoisotopic (exact) mass is 285 g/mol. The van der Waals surface area contributed by atoms with Crippen LogP contribution in [0, 0.1) is 17.3 Å². The van der Waals surface area contributed by atoms with Crippen LogP contribution < -0.4 is 10.6 Å². The molecule has 0 aromatic heterocycles. The third-order valence-corrected chi connectivity index (χ3v) is 3.74. The second-order valence-electron chi connectivity index (χ2n) is 5.95. The lowest BCUT2D eigenvalue weighted by Crippen LogP contribution is -2.47. The lowest BCUT2D eigenvalue weighted by molar-refractivity contribution is -0.142. The number of carbonyl (C=O) groups is 3. The lowest BCUT2D eigenvalue weighted by atomic mass is 9.92. The highest BCUT2D eigenvalue weighted by Crippen LogP contribution is 2.23. The van der Waals surface area contributed by atoms with Crippen molar-refractivity contribution in [3.8, 4) is 0 Å². The number of aliphatic carboxylic acids is 1. The summed E-state index contributed by atoms with van der Waals surface area (Å²) in [6.45, 7) is 6.12. The Bertz CT molecular complexity index is 408. The Labute approximate surface area is 118 Å². The molecule has 1 aliphatic heterocycles. The SMILES string of the molecule is CNC(=O)C(C)(C)CNC(=O)N1CC(C)C(C(=O)O)C1. The number of amides is 3. The van der Waals surface area contributed by atoms with Gasteiger partial charge in [0.15, 0.2) is 0 Å². The molecule has 0 spiro atoms. The number of hydrogen-bond acceptors (Lipinski definition) is 3. The zero-order valence-corrected chi connectivity index (χ0v) is 12.4. The molecular formula is C13H23N3O4. The van der Waals surface area contributed by atoms with Crippen LogP contribution in [0.3, 0.4) is 0 Å². The number of nitrogens with zero attached hydrogens (tertiary/aromatic N) is 1. The predicted molar refractivity (Wildman–Crippen MR) is 73.1 cm³/mol. The van der Waals surface area contributed by atoms with E-state index in [0.717, 1.165) is 0 Å². The molecule has 0 aromatic carbocycles. The van der Waals surface area contributed by atoms with Gasteiger partial charge in [0.2, 0.25) is 5.91 Å². The first kappa shape index (κ1) is 16.3. The van der Waals surface area contributed by atoms with E-state index in [1.165, 1.54) is 4.90 Å². The zero-order chi connectivity index (χ0) is 15.5. The van der Waals surface area contributed by atoms with Crippen molar-refractivity contribution in [3.05, 3.63) is 0 Å². The maximum Gasteiger partial charge on any atom is 0.317 e. The van der Waals surface area contributed by atoms with Crippen molar-refractivity contribution in [1.82, 2.24) is 15.5 Å². The highest BCUT2D eigenvalue weighted by molar-refractivity contribution is 5.83. The molecule has 1 aliphatic rings. The highest BCUT2D eigenvalue weighted by Gasteiger charge is 2.37. The average molecular weight is 285 g/mol. The molecule has 114 valence electrons. The highest BCUT2D eigenvalue weighted by atomic mass is 16.4. The number of urea groups is 1. The van der Waals surface area contributed by atoms with Gasteiger partial charge in [0.1, 0.15) is 0 Å². The summed E-state index contributed by atoms with van der Waals surface area (Å²) in [7, 11) is 1.55. The van der Waals surface area contributed by atoms with E-state index in [1.54, 1.807) is 20.9 Å². The molecule has 0 radical (unpaired) electrons. The van der Waals surface area contributed by atoms with Gasteiger partial charge in [-0.05, 0) is 19.8 Å². The third-order valence-electron chi connectivity index (χ3n) is 3.74. The summed E-state index contributed by atoms with van der Waals surface area (Å²) >= 11 is 0. The fourth-order valence-corrected chi connectivity index (χ4v) is 2.28. The maximum absolute atomic E-state index is 12.0. The van der Waals surface area contributed by atoms with Crippen LogP contribution in [0.4, 0.5) is 4.79 Å².